The number of hydrogen-bond donors (Lipinski definition) is 1. The van der Waals surface area contributed by atoms with E-state index < -0.39 is 23.7 Å². The molecule has 4 atom stereocenters. The second kappa shape index (κ2) is 13.2. The van der Waals surface area contributed by atoms with E-state index in [1.54, 1.807) is 0 Å². The van der Waals surface area contributed by atoms with Crippen molar-refractivity contribution in [3.63, 3.8) is 0 Å². The van der Waals surface area contributed by atoms with Crippen molar-refractivity contribution < 1.29 is 14.3 Å². The second-order valence-electron chi connectivity index (χ2n) is 12.0. The lowest BCUT2D eigenvalue weighted by Crippen LogP contribution is -2.51. The van der Waals surface area contributed by atoms with Gasteiger partial charge in [0.1, 0.15) is 11.6 Å². The van der Waals surface area contributed by atoms with Crippen LogP contribution in [0.1, 0.15) is 65.3 Å². The summed E-state index contributed by atoms with van der Waals surface area (Å²) in [7, 11) is 0. The summed E-state index contributed by atoms with van der Waals surface area (Å²) in [6.07, 6.45) is -0.479. The van der Waals surface area contributed by atoms with E-state index in [4.69, 9.17) is 4.74 Å². The maximum atomic E-state index is 14.2. The monoisotopic (exact) mass is 555 g/mol. The molecule has 1 amide bonds. The average Bonchev–Trinajstić information content (AvgIpc) is 2.95. The standard InChI is InChI=1S/C34H41N3O4/c1-23-13-12-18-27(24(23)2)30-28(31(36-40)25-14-8-6-9-15-25)21-37(20-19-35-33(39)41-34(3,4)5)22-29(30)32(38)26-16-10-7-11-17-26/h6-18,28-31H,19-22H2,1-5H3,(H,35,39)/t28-,29-,30+,31?/m0/s1. The summed E-state index contributed by atoms with van der Waals surface area (Å²) in [5.74, 6) is -0.848. The number of Topliss-reactive ketones (excluding diaryl/α,β-unsaturated/α-hetero) is 1. The Kier molecular flexibility index (Phi) is 9.71. The summed E-state index contributed by atoms with van der Waals surface area (Å²) in [5.41, 5.74) is 4.25. The number of amides is 1. The molecule has 0 radical (unpaired) electrons. The van der Waals surface area contributed by atoms with Crippen molar-refractivity contribution in [2.45, 2.75) is 52.2 Å². The molecule has 1 aliphatic rings. The molecule has 1 fully saturated rings. The maximum absolute atomic E-state index is 14.2. The van der Waals surface area contributed by atoms with E-state index in [0.717, 1.165) is 22.3 Å². The van der Waals surface area contributed by atoms with E-state index in [1.165, 1.54) is 0 Å². The third-order valence-corrected chi connectivity index (χ3v) is 7.98. The number of likely N-dealkylation sites (tertiary alicyclic amines) is 1. The molecular weight excluding hydrogens is 514 g/mol. The molecule has 0 bridgehead atoms. The molecule has 4 rings (SSSR count). The predicted molar refractivity (Wildman–Crippen MR) is 162 cm³/mol. The lowest BCUT2D eigenvalue weighted by Gasteiger charge is -2.45. The number of rotatable bonds is 9. The predicted octanol–water partition coefficient (Wildman–Crippen LogP) is 6.85. The van der Waals surface area contributed by atoms with E-state index in [0.29, 0.717) is 31.7 Å². The normalized spacial score (nSPS) is 20.2. The van der Waals surface area contributed by atoms with Crippen LogP contribution in [-0.4, -0.2) is 48.6 Å². The van der Waals surface area contributed by atoms with Gasteiger partial charge in [0, 0.05) is 49.5 Å². The third kappa shape index (κ3) is 7.47. The summed E-state index contributed by atoms with van der Waals surface area (Å²) in [6, 6.07) is 24.5. The first kappa shape index (κ1) is 30.1. The molecule has 1 saturated heterocycles. The first-order valence-corrected chi connectivity index (χ1v) is 14.3. The number of benzene rings is 3. The number of carbonyl (C=O) groups is 2. The highest BCUT2D eigenvalue weighted by Crippen LogP contribution is 2.47. The molecule has 1 aliphatic heterocycles. The van der Waals surface area contributed by atoms with Gasteiger partial charge in [-0.1, -0.05) is 84.0 Å². The Labute approximate surface area is 243 Å². The Bertz CT molecular complexity index is 1340. The Morgan fingerprint density at radius 2 is 1.61 bits per heavy atom. The van der Waals surface area contributed by atoms with Crippen LogP contribution in [0.5, 0.6) is 0 Å². The van der Waals surface area contributed by atoms with Crippen LogP contribution in [0.2, 0.25) is 0 Å². The number of ether oxygens (including phenoxy) is 1. The SMILES string of the molecule is Cc1cccc([C@H]2[C@@H](C(=O)c3ccccc3)CN(CCNC(=O)OC(C)(C)C)C[C@@H]2C(N=O)c2ccccc2)c1C. The molecule has 216 valence electrons. The van der Waals surface area contributed by atoms with Crippen LogP contribution >= 0.6 is 0 Å². The summed E-state index contributed by atoms with van der Waals surface area (Å²) in [5, 5.41) is 6.52. The molecule has 3 aromatic rings. The largest absolute Gasteiger partial charge is 0.444 e. The number of aryl methyl sites for hydroxylation is 1. The number of nitroso groups, excluding NO2 is 1. The van der Waals surface area contributed by atoms with Crippen LogP contribution < -0.4 is 5.32 Å². The van der Waals surface area contributed by atoms with Gasteiger partial charge in [0.25, 0.3) is 0 Å². The van der Waals surface area contributed by atoms with E-state index in [1.807, 2.05) is 87.5 Å². The van der Waals surface area contributed by atoms with Crippen molar-refractivity contribution >= 4 is 11.9 Å². The molecule has 7 nitrogen and oxygen atoms in total. The van der Waals surface area contributed by atoms with Gasteiger partial charge in [0.2, 0.25) is 0 Å². The Morgan fingerprint density at radius 1 is 0.951 bits per heavy atom. The third-order valence-electron chi connectivity index (χ3n) is 7.98. The minimum absolute atomic E-state index is 0.0454. The van der Waals surface area contributed by atoms with Gasteiger partial charge in [-0.3, -0.25) is 4.79 Å². The Hall–Kier alpha value is -3.84. The summed E-state index contributed by atoms with van der Waals surface area (Å²) in [6.45, 7) is 11.6. The van der Waals surface area contributed by atoms with Gasteiger partial charge < -0.3 is 15.0 Å². The molecular formula is C34H41N3O4. The van der Waals surface area contributed by atoms with Crippen LogP contribution in [0.25, 0.3) is 0 Å². The molecule has 0 spiro atoms. The first-order chi connectivity index (χ1) is 19.6. The molecule has 7 heteroatoms. The zero-order valence-corrected chi connectivity index (χ0v) is 24.7. The molecule has 41 heavy (non-hydrogen) atoms. The topological polar surface area (TPSA) is 88.1 Å². The highest BCUT2D eigenvalue weighted by atomic mass is 16.6. The van der Waals surface area contributed by atoms with Gasteiger partial charge in [0.05, 0.1) is 0 Å². The number of piperidine rings is 1. The van der Waals surface area contributed by atoms with Gasteiger partial charge >= 0.3 is 6.09 Å². The number of ketones is 1. The fourth-order valence-electron chi connectivity index (χ4n) is 5.97. The average molecular weight is 556 g/mol. The molecule has 0 saturated carbocycles. The van der Waals surface area contributed by atoms with Gasteiger partial charge in [0.15, 0.2) is 5.78 Å². The highest BCUT2D eigenvalue weighted by molar-refractivity contribution is 5.98. The second-order valence-corrected chi connectivity index (χ2v) is 12.0. The van der Waals surface area contributed by atoms with Gasteiger partial charge in [-0.25, -0.2) is 4.79 Å². The van der Waals surface area contributed by atoms with E-state index in [9.17, 15) is 14.5 Å². The highest BCUT2D eigenvalue weighted by Gasteiger charge is 2.46. The number of hydrogen-bond acceptors (Lipinski definition) is 6. The fourth-order valence-corrected chi connectivity index (χ4v) is 5.97. The lowest BCUT2D eigenvalue weighted by atomic mass is 9.66. The quantitative estimate of drug-likeness (QED) is 0.230. The van der Waals surface area contributed by atoms with Crippen LogP contribution in [0.4, 0.5) is 4.79 Å². The van der Waals surface area contributed by atoms with Crippen LogP contribution in [0, 0.1) is 30.6 Å². The first-order valence-electron chi connectivity index (χ1n) is 14.3. The number of nitrogens with zero attached hydrogens (tertiary/aromatic N) is 2. The smallest absolute Gasteiger partial charge is 0.407 e. The van der Waals surface area contributed by atoms with Crippen molar-refractivity contribution in [1.29, 1.82) is 0 Å². The van der Waals surface area contributed by atoms with Crippen LogP contribution in [-0.2, 0) is 4.74 Å². The van der Waals surface area contributed by atoms with Gasteiger partial charge in [-0.05, 0) is 56.9 Å². The fraction of sp³-hybridized carbons (Fsp3) is 0.412. The minimum atomic E-state index is -0.645. The molecule has 3 aromatic carbocycles. The van der Waals surface area contributed by atoms with Crippen LogP contribution in [0.3, 0.4) is 0 Å². The summed E-state index contributed by atoms with van der Waals surface area (Å²) >= 11 is 0. The van der Waals surface area contributed by atoms with Crippen molar-refractivity contribution in [1.82, 2.24) is 10.2 Å². The lowest BCUT2D eigenvalue weighted by molar-refractivity contribution is 0.0482. The van der Waals surface area contributed by atoms with Gasteiger partial charge in [-0.2, -0.15) is 4.91 Å². The van der Waals surface area contributed by atoms with E-state index in [2.05, 4.69) is 41.4 Å². The molecule has 0 aliphatic carbocycles. The summed E-state index contributed by atoms with van der Waals surface area (Å²) < 4.78 is 5.40. The zero-order chi connectivity index (χ0) is 29.6. The molecule has 0 aromatic heterocycles. The summed E-state index contributed by atoms with van der Waals surface area (Å²) in [4.78, 5) is 41.3. The number of alkyl carbamates (subject to hydrolysis) is 1. The molecule has 1 heterocycles. The maximum Gasteiger partial charge on any atom is 0.407 e. The minimum Gasteiger partial charge on any atom is -0.444 e. The Balaban J connectivity index is 1.74. The van der Waals surface area contributed by atoms with E-state index >= 15 is 0 Å². The van der Waals surface area contributed by atoms with Crippen LogP contribution in [0.15, 0.2) is 84.0 Å². The van der Waals surface area contributed by atoms with Gasteiger partial charge in [-0.15, -0.1) is 0 Å². The zero-order valence-electron chi connectivity index (χ0n) is 24.7. The van der Waals surface area contributed by atoms with Crippen molar-refractivity contribution in [2.24, 2.45) is 17.0 Å². The number of nitrogens with one attached hydrogen (secondary N) is 1. The van der Waals surface area contributed by atoms with E-state index in [-0.39, 0.29) is 17.6 Å². The molecule has 1 N–H and O–H groups in total. The van der Waals surface area contributed by atoms with Crippen molar-refractivity contribution in [3.05, 3.63) is 112 Å². The number of carbonyl (C=O) groups excluding carboxylic acids is 2. The van der Waals surface area contributed by atoms with Crippen molar-refractivity contribution in [3.8, 4) is 0 Å². The Morgan fingerprint density at radius 3 is 2.24 bits per heavy atom. The van der Waals surface area contributed by atoms with Crippen molar-refractivity contribution in [2.75, 3.05) is 26.2 Å². The molecule has 1 unspecified atom stereocenters.